The van der Waals surface area contributed by atoms with Crippen molar-refractivity contribution in [1.82, 2.24) is 4.57 Å². The van der Waals surface area contributed by atoms with Crippen molar-refractivity contribution in [1.29, 1.82) is 0 Å². The summed E-state index contributed by atoms with van der Waals surface area (Å²) in [5.41, 5.74) is 3.10. The van der Waals surface area contributed by atoms with Crippen LogP contribution >= 0.6 is 0 Å². The Balaban J connectivity index is 1.78. The zero-order valence-electron chi connectivity index (χ0n) is 15.0. The van der Waals surface area contributed by atoms with Gasteiger partial charge in [0.2, 0.25) is 5.91 Å². The molecule has 0 saturated carbocycles. The number of aryl methyl sites for hydroxylation is 1. The minimum Gasteiger partial charge on any atom is -0.494 e. The molecule has 0 saturated heterocycles. The van der Waals surface area contributed by atoms with Crippen LogP contribution in [-0.2, 0) is 11.2 Å². The molecule has 1 heterocycles. The Labute approximate surface area is 148 Å². The van der Waals surface area contributed by atoms with Gasteiger partial charge in [0.1, 0.15) is 11.8 Å². The van der Waals surface area contributed by atoms with E-state index in [1.807, 2.05) is 73.1 Å². The number of fused-ring (bicyclic) bond motifs is 1. The summed E-state index contributed by atoms with van der Waals surface area (Å²) in [6.45, 7) is 6.63. The standard InChI is InChI=1S/C21H24N2O2/c1-4-16-6-8-18(9-7-16)22-21(24)15(3)23-13-12-17-14-19(25-5-2)10-11-20(17)23/h6-15H,4-5H2,1-3H3,(H,22,24). The molecule has 1 amide bonds. The van der Waals surface area contributed by atoms with Crippen LogP contribution < -0.4 is 10.1 Å². The fraction of sp³-hybridized carbons (Fsp3) is 0.286. The number of hydrogen-bond donors (Lipinski definition) is 1. The molecule has 0 aliphatic heterocycles. The first kappa shape index (κ1) is 17.1. The second kappa shape index (κ2) is 7.43. The zero-order chi connectivity index (χ0) is 17.8. The third-order valence-corrected chi connectivity index (χ3v) is 4.43. The molecule has 1 N–H and O–H groups in total. The number of nitrogens with one attached hydrogen (secondary N) is 1. The lowest BCUT2D eigenvalue weighted by atomic mass is 10.1. The predicted molar refractivity (Wildman–Crippen MR) is 102 cm³/mol. The number of amides is 1. The molecule has 1 aromatic heterocycles. The Morgan fingerprint density at radius 3 is 2.56 bits per heavy atom. The van der Waals surface area contributed by atoms with Crippen molar-refractivity contribution < 1.29 is 9.53 Å². The molecule has 4 heteroatoms. The molecule has 0 aliphatic rings. The second-order valence-electron chi connectivity index (χ2n) is 6.09. The molecule has 1 atom stereocenters. The van der Waals surface area contributed by atoms with Crippen molar-refractivity contribution in [2.24, 2.45) is 0 Å². The highest BCUT2D eigenvalue weighted by molar-refractivity contribution is 5.95. The van der Waals surface area contributed by atoms with E-state index in [1.165, 1.54) is 5.56 Å². The number of hydrogen-bond acceptors (Lipinski definition) is 2. The molecule has 2 aromatic carbocycles. The maximum Gasteiger partial charge on any atom is 0.247 e. The van der Waals surface area contributed by atoms with Crippen molar-refractivity contribution in [3.8, 4) is 5.75 Å². The number of anilines is 1. The monoisotopic (exact) mass is 336 g/mol. The Morgan fingerprint density at radius 1 is 1.12 bits per heavy atom. The van der Waals surface area contributed by atoms with E-state index in [-0.39, 0.29) is 11.9 Å². The van der Waals surface area contributed by atoms with Crippen LogP contribution in [0.25, 0.3) is 10.9 Å². The quantitative estimate of drug-likeness (QED) is 0.702. The maximum absolute atomic E-state index is 12.6. The van der Waals surface area contributed by atoms with E-state index in [1.54, 1.807) is 0 Å². The maximum atomic E-state index is 12.6. The largest absolute Gasteiger partial charge is 0.494 e. The third-order valence-electron chi connectivity index (χ3n) is 4.43. The van der Waals surface area contributed by atoms with Gasteiger partial charge >= 0.3 is 0 Å². The molecule has 1 unspecified atom stereocenters. The van der Waals surface area contributed by atoms with Gasteiger partial charge in [-0.1, -0.05) is 19.1 Å². The summed E-state index contributed by atoms with van der Waals surface area (Å²) >= 11 is 0. The van der Waals surface area contributed by atoms with Crippen molar-refractivity contribution in [2.45, 2.75) is 33.2 Å². The van der Waals surface area contributed by atoms with Gasteiger partial charge < -0.3 is 14.6 Å². The lowest BCUT2D eigenvalue weighted by Crippen LogP contribution is -2.23. The molecule has 4 nitrogen and oxygen atoms in total. The van der Waals surface area contributed by atoms with Gasteiger partial charge in [0.15, 0.2) is 0 Å². The van der Waals surface area contributed by atoms with Crippen molar-refractivity contribution in [3.63, 3.8) is 0 Å². The third kappa shape index (κ3) is 3.68. The number of carbonyl (C=O) groups is 1. The SMILES string of the molecule is CCOc1ccc2c(ccn2C(C)C(=O)Nc2ccc(CC)cc2)c1. The van der Waals surface area contributed by atoms with Gasteiger partial charge in [0.05, 0.1) is 6.61 Å². The fourth-order valence-corrected chi connectivity index (χ4v) is 2.93. The summed E-state index contributed by atoms with van der Waals surface area (Å²) in [7, 11) is 0. The summed E-state index contributed by atoms with van der Waals surface area (Å²) < 4.78 is 7.53. The second-order valence-corrected chi connectivity index (χ2v) is 6.09. The average Bonchev–Trinajstić information content (AvgIpc) is 3.05. The van der Waals surface area contributed by atoms with Gasteiger partial charge in [0.25, 0.3) is 0 Å². The molecule has 0 spiro atoms. The molecule has 0 aliphatic carbocycles. The van der Waals surface area contributed by atoms with Crippen molar-refractivity contribution >= 4 is 22.5 Å². The summed E-state index contributed by atoms with van der Waals surface area (Å²) in [6.07, 6.45) is 2.94. The molecule has 25 heavy (non-hydrogen) atoms. The van der Waals surface area contributed by atoms with Crippen LogP contribution in [0.4, 0.5) is 5.69 Å². The van der Waals surface area contributed by atoms with Crippen LogP contribution in [0.2, 0.25) is 0 Å². The molecule has 3 aromatic rings. The van der Waals surface area contributed by atoms with Crippen LogP contribution in [-0.4, -0.2) is 17.1 Å². The molecule has 0 radical (unpaired) electrons. The van der Waals surface area contributed by atoms with Gasteiger partial charge in [-0.05, 0) is 62.2 Å². The van der Waals surface area contributed by atoms with E-state index >= 15 is 0 Å². The van der Waals surface area contributed by atoms with E-state index in [9.17, 15) is 4.79 Å². The van der Waals surface area contributed by atoms with E-state index < -0.39 is 0 Å². The van der Waals surface area contributed by atoms with Crippen LogP contribution in [0.1, 0.15) is 32.4 Å². The summed E-state index contributed by atoms with van der Waals surface area (Å²) in [4.78, 5) is 12.6. The lowest BCUT2D eigenvalue weighted by molar-refractivity contribution is -0.118. The summed E-state index contributed by atoms with van der Waals surface area (Å²) in [5.74, 6) is 0.816. The fourth-order valence-electron chi connectivity index (χ4n) is 2.93. The predicted octanol–water partition coefficient (Wildman–Crippen LogP) is 4.80. The smallest absolute Gasteiger partial charge is 0.247 e. The topological polar surface area (TPSA) is 43.3 Å². The van der Waals surface area contributed by atoms with Crippen LogP contribution in [0.3, 0.4) is 0 Å². The Morgan fingerprint density at radius 2 is 1.88 bits per heavy atom. The minimum absolute atomic E-state index is 0.0318. The van der Waals surface area contributed by atoms with Gasteiger partial charge in [-0.2, -0.15) is 0 Å². The van der Waals surface area contributed by atoms with Gasteiger partial charge in [0, 0.05) is 22.8 Å². The molecule has 0 fully saturated rings. The first-order valence-electron chi connectivity index (χ1n) is 8.75. The Hall–Kier alpha value is -2.75. The number of rotatable bonds is 6. The van der Waals surface area contributed by atoms with Crippen molar-refractivity contribution in [3.05, 3.63) is 60.3 Å². The number of benzene rings is 2. The first-order chi connectivity index (χ1) is 12.1. The average molecular weight is 336 g/mol. The normalized spacial score (nSPS) is 12.1. The van der Waals surface area contributed by atoms with Gasteiger partial charge in [-0.3, -0.25) is 4.79 Å². The van der Waals surface area contributed by atoms with Crippen molar-refractivity contribution in [2.75, 3.05) is 11.9 Å². The van der Waals surface area contributed by atoms with Gasteiger partial charge in [-0.15, -0.1) is 0 Å². The van der Waals surface area contributed by atoms with E-state index in [2.05, 4.69) is 12.2 Å². The van der Waals surface area contributed by atoms with Gasteiger partial charge in [-0.25, -0.2) is 0 Å². The van der Waals surface area contributed by atoms with E-state index in [0.29, 0.717) is 6.61 Å². The lowest BCUT2D eigenvalue weighted by Gasteiger charge is -2.16. The zero-order valence-corrected chi connectivity index (χ0v) is 15.0. The molecule has 3 rings (SSSR count). The summed E-state index contributed by atoms with van der Waals surface area (Å²) in [6, 6.07) is 15.6. The molecule has 130 valence electrons. The first-order valence-corrected chi connectivity index (χ1v) is 8.75. The van der Waals surface area contributed by atoms with Crippen LogP contribution in [0.5, 0.6) is 5.75 Å². The van der Waals surface area contributed by atoms with Crippen LogP contribution in [0.15, 0.2) is 54.7 Å². The van der Waals surface area contributed by atoms with E-state index in [4.69, 9.17) is 4.74 Å². The Kier molecular flexibility index (Phi) is 5.08. The minimum atomic E-state index is -0.304. The summed E-state index contributed by atoms with van der Waals surface area (Å²) in [5, 5.41) is 4.06. The molecular weight excluding hydrogens is 312 g/mol. The highest BCUT2D eigenvalue weighted by Gasteiger charge is 2.17. The Bertz CT molecular complexity index is 865. The molecular formula is C21H24N2O2. The van der Waals surface area contributed by atoms with E-state index in [0.717, 1.165) is 28.8 Å². The highest BCUT2D eigenvalue weighted by Crippen LogP contribution is 2.25. The number of ether oxygens (including phenoxy) is 1. The highest BCUT2D eigenvalue weighted by atomic mass is 16.5. The van der Waals surface area contributed by atoms with Crippen LogP contribution in [0, 0.1) is 0 Å². The number of aromatic nitrogens is 1. The molecule has 0 bridgehead atoms. The number of nitrogens with zero attached hydrogens (tertiary/aromatic N) is 1. The number of carbonyl (C=O) groups excluding carboxylic acids is 1.